The van der Waals surface area contributed by atoms with Crippen LogP contribution in [0.4, 0.5) is 0 Å². The fraction of sp³-hybridized carbons (Fsp3) is 1.00. The first-order chi connectivity index (χ1) is 2.81. The molecule has 0 amide bonds. The fourth-order valence-corrected chi connectivity index (χ4v) is 0.0962. The molecule has 0 aliphatic carbocycles. The average Bonchev–Trinajstić information content (AvgIpc) is 1.65. The van der Waals surface area contributed by atoms with Crippen molar-refractivity contribution >= 4 is 0 Å². The number of nitrogens with two attached hydrogens (primary N) is 1. The Kier molecular flexibility index (Phi) is 3.08. The van der Waals surface area contributed by atoms with Crippen LogP contribution >= 0.6 is 0 Å². The van der Waals surface area contributed by atoms with Crippen molar-refractivity contribution in [3.8, 4) is 0 Å². The van der Waals surface area contributed by atoms with E-state index in [-0.39, 0.29) is 6.10 Å². The molecule has 0 radical (unpaired) electrons. The molecule has 2 heteroatoms. The van der Waals surface area contributed by atoms with Crippen LogP contribution in [0.5, 0.6) is 0 Å². The molecule has 0 aromatic carbocycles. The Balaban J connectivity index is 2.75. The van der Waals surface area contributed by atoms with Gasteiger partial charge in [0.15, 0.2) is 0 Å². The minimum atomic E-state index is 0.213. The molecule has 2 N–H and O–H groups in total. The standard InChI is InChI=1S/C4H11NO/c1-3-4(2)6-5/h4H,3,5H2,1-2H3/t4-/m0/s1. The topological polar surface area (TPSA) is 35.2 Å². The van der Waals surface area contributed by atoms with E-state index in [9.17, 15) is 0 Å². The van der Waals surface area contributed by atoms with Gasteiger partial charge in [0.1, 0.15) is 0 Å². The van der Waals surface area contributed by atoms with Crippen molar-refractivity contribution in [3.05, 3.63) is 0 Å². The molecule has 0 aliphatic heterocycles. The molecule has 0 rings (SSSR count). The summed E-state index contributed by atoms with van der Waals surface area (Å²) >= 11 is 0. The molecular weight excluding hydrogens is 78.0 g/mol. The lowest BCUT2D eigenvalue weighted by atomic mass is 10.3. The predicted octanol–water partition coefficient (Wildman–Crippen LogP) is 0.675. The molecule has 38 valence electrons. The van der Waals surface area contributed by atoms with Crippen molar-refractivity contribution in [2.45, 2.75) is 26.4 Å². The van der Waals surface area contributed by atoms with Crippen LogP contribution in [0.15, 0.2) is 0 Å². The van der Waals surface area contributed by atoms with Crippen LogP contribution in [0, 0.1) is 0 Å². The third kappa shape index (κ3) is 2.18. The summed E-state index contributed by atoms with van der Waals surface area (Å²) in [6.07, 6.45) is 1.20. The second-order valence-electron chi connectivity index (χ2n) is 1.35. The van der Waals surface area contributed by atoms with Crippen molar-refractivity contribution < 1.29 is 4.84 Å². The molecule has 6 heavy (non-hydrogen) atoms. The van der Waals surface area contributed by atoms with E-state index in [1.54, 1.807) is 0 Å². The van der Waals surface area contributed by atoms with Crippen molar-refractivity contribution in [2.24, 2.45) is 5.90 Å². The van der Waals surface area contributed by atoms with E-state index >= 15 is 0 Å². The predicted molar refractivity (Wildman–Crippen MR) is 25.0 cm³/mol. The van der Waals surface area contributed by atoms with E-state index in [1.807, 2.05) is 13.8 Å². The molecule has 0 spiro atoms. The van der Waals surface area contributed by atoms with Gasteiger partial charge in [0, 0.05) is 0 Å². The van der Waals surface area contributed by atoms with Gasteiger partial charge in [-0.15, -0.1) is 0 Å². The Bertz CT molecular complexity index is 26.7. The van der Waals surface area contributed by atoms with Gasteiger partial charge in [-0.05, 0) is 13.3 Å². The summed E-state index contributed by atoms with van der Waals surface area (Å²) < 4.78 is 0. The monoisotopic (exact) mass is 89.1 g/mol. The smallest absolute Gasteiger partial charge is 0.0756 e. The maximum atomic E-state index is 4.78. The maximum absolute atomic E-state index is 4.78. The zero-order valence-electron chi connectivity index (χ0n) is 4.27. The third-order valence-corrected chi connectivity index (χ3v) is 0.807. The Morgan fingerprint density at radius 1 is 1.83 bits per heavy atom. The molecule has 0 aromatic rings. The van der Waals surface area contributed by atoms with Gasteiger partial charge in [0.05, 0.1) is 6.10 Å². The lowest BCUT2D eigenvalue weighted by molar-refractivity contribution is 0.0642. The quantitative estimate of drug-likeness (QED) is 0.505. The van der Waals surface area contributed by atoms with E-state index in [4.69, 9.17) is 5.90 Å². The molecule has 0 bridgehead atoms. The van der Waals surface area contributed by atoms with Gasteiger partial charge in [0.2, 0.25) is 0 Å². The van der Waals surface area contributed by atoms with Gasteiger partial charge in [-0.3, -0.25) is 0 Å². The Morgan fingerprint density at radius 3 is 2.33 bits per heavy atom. The molecule has 0 heterocycles. The average molecular weight is 89.1 g/mol. The summed E-state index contributed by atoms with van der Waals surface area (Å²) in [6.45, 7) is 3.96. The van der Waals surface area contributed by atoms with Gasteiger partial charge < -0.3 is 4.84 Å². The minimum Gasteiger partial charge on any atom is -0.302 e. The van der Waals surface area contributed by atoms with Gasteiger partial charge in [0.25, 0.3) is 0 Å². The highest BCUT2D eigenvalue weighted by Gasteiger charge is 1.89. The Labute approximate surface area is 38.2 Å². The largest absolute Gasteiger partial charge is 0.302 e. The van der Waals surface area contributed by atoms with Crippen LogP contribution in [-0.4, -0.2) is 6.10 Å². The maximum Gasteiger partial charge on any atom is 0.0756 e. The highest BCUT2D eigenvalue weighted by Crippen LogP contribution is 1.87. The SMILES string of the molecule is CC[C@H](C)ON. The minimum absolute atomic E-state index is 0.213. The summed E-state index contributed by atoms with van der Waals surface area (Å²) in [5.41, 5.74) is 0. The van der Waals surface area contributed by atoms with E-state index in [0.29, 0.717) is 0 Å². The first-order valence-corrected chi connectivity index (χ1v) is 2.16. The van der Waals surface area contributed by atoms with Crippen molar-refractivity contribution in [1.82, 2.24) is 0 Å². The Morgan fingerprint density at radius 2 is 2.33 bits per heavy atom. The molecular formula is C4H11NO. The zero-order valence-corrected chi connectivity index (χ0v) is 4.27. The number of hydrogen-bond acceptors (Lipinski definition) is 2. The molecule has 0 saturated heterocycles. The molecule has 0 fully saturated rings. The molecule has 0 aromatic heterocycles. The summed E-state index contributed by atoms with van der Waals surface area (Å²) in [6, 6.07) is 0. The number of hydrogen-bond donors (Lipinski definition) is 1. The van der Waals surface area contributed by atoms with Crippen LogP contribution in [-0.2, 0) is 4.84 Å². The molecule has 0 aliphatic rings. The van der Waals surface area contributed by atoms with E-state index in [1.165, 1.54) is 0 Å². The second kappa shape index (κ2) is 3.12. The van der Waals surface area contributed by atoms with Crippen LogP contribution in [0.1, 0.15) is 20.3 Å². The molecule has 0 saturated carbocycles. The van der Waals surface area contributed by atoms with E-state index < -0.39 is 0 Å². The molecule has 0 unspecified atom stereocenters. The first kappa shape index (κ1) is 5.92. The third-order valence-electron chi connectivity index (χ3n) is 0.807. The van der Waals surface area contributed by atoms with Gasteiger partial charge >= 0.3 is 0 Å². The normalized spacial score (nSPS) is 14.5. The van der Waals surface area contributed by atoms with E-state index in [0.717, 1.165) is 6.42 Å². The molecule has 2 nitrogen and oxygen atoms in total. The van der Waals surface area contributed by atoms with E-state index in [2.05, 4.69) is 4.84 Å². The fourth-order valence-electron chi connectivity index (χ4n) is 0.0962. The molecule has 1 atom stereocenters. The van der Waals surface area contributed by atoms with Crippen molar-refractivity contribution in [2.75, 3.05) is 0 Å². The summed E-state index contributed by atoms with van der Waals surface area (Å²) in [4.78, 5) is 4.40. The summed E-state index contributed by atoms with van der Waals surface area (Å²) in [5.74, 6) is 4.78. The van der Waals surface area contributed by atoms with Crippen LogP contribution in [0.25, 0.3) is 0 Å². The lowest BCUT2D eigenvalue weighted by Gasteiger charge is -2.00. The number of rotatable bonds is 2. The van der Waals surface area contributed by atoms with Crippen LogP contribution < -0.4 is 5.90 Å². The lowest BCUT2D eigenvalue weighted by Crippen LogP contribution is -2.10. The van der Waals surface area contributed by atoms with Crippen molar-refractivity contribution in [1.29, 1.82) is 0 Å². The van der Waals surface area contributed by atoms with Gasteiger partial charge in [-0.2, -0.15) is 0 Å². The Hall–Kier alpha value is -0.0800. The van der Waals surface area contributed by atoms with Crippen LogP contribution in [0.2, 0.25) is 0 Å². The van der Waals surface area contributed by atoms with Gasteiger partial charge in [-0.25, -0.2) is 5.90 Å². The van der Waals surface area contributed by atoms with Gasteiger partial charge in [-0.1, -0.05) is 6.92 Å². The highest BCUT2D eigenvalue weighted by molar-refractivity contribution is 4.37. The highest BCUT2D eigenvalue weighted by atomic mass is 16.6. The summed E-state index contributed by atoms with van der Waals surface area (Å²) in [7, 11) is 0. The summed E-state index contributed by atoms with van der Waals surface area (Å²) in [5, 5.41) is 0. The van der Waals surface area contributed by atoms with Crippen molar-refractivity contribution in [3.63, 3.8) is 0 Å². The van der Waals surface area contributed by atoms with Crippen LogP contribution in [0.3, 0.4) is 0 Å². The zero-order chi connectivity index (χ0) is 4.99. The second-order valence-corrected chi connectivity index (χ2v) is 1.35. The first-order valence-electron chi connectivity index (χ1n) is 2.16.